The molecule has 0 aliphatic rings. The number of methoxy groups -OCH3 is 1. The molecule has 122 valence electrons. The molecule has 0 aliphatic heterocycles. The molecule has 0 rings (SSSR count). The first-order valence-corrected chi connectivity index (χ1v) is 8.40. The summed E-state index contributed by atoms with van der Waals surface area (Å²) in [7, 11) is 1.72. The Hall–Kier alpha value is -0.120. The van der Waals surface area contributed by atoms with Crippen molar-refractivity contribution in [1.82, 2.24) is 5.32 Å². The minimum atomic E-state index is 0.449. The average Bonchev–Trinajstić information content (AvgIpc) is 2.45. The van der Waals surface area contributed by atoms with Gasteiger partial charge in [0, 0.05) is 26.3 Å². The van der Waals surface area contributed by atoms with Crippen LogP contribution >= 0.6 is 0 Å². The van der Waals surface area contributed by atoms with Gasteiger partial charge in [-0.05, 0) is 31.1 Å². The van der Waals surface area contributed by atoms with E-state index in [0.29, 0.717) is 18.1 Å². The van der Waals surface area contributed by atoms with Gasteiger partial charge in [0.15, 0.2) is 0 Å². The highest BCUT2D eigenvalue weighted by atomic mass is 16.5. The van der Waals surface area contributed by atoms with Crippen molar-refractivity contribution < 1.29 is 9.47 Å². The third-order valence-corrected chi connectivity index (χ3v) is 4.12. The molecule has 20 heavy (non-hydrogen) atoms. The molecule has 0 fully saturated rings. The highest BCUT2D eigenvalue weighted by molar-refractivity contribution is 4.81. The molecule has 0 radical (unpaired) electrons. The van der Waals surface area contributed by atoms with Crippen LogP contribution in [0.2, 0.25) is 0 Å². The standard InChI is InChI=1S/C17H37NO2/c1-6-8-10-17(7-2,15-18-16(3)4)11-9-12-20-14-13-19-5/h16,18H,6-15H2,1-5H3. The number of nitrogens with one attached hydrogen (secondary N) is 1. The Bertz CT molecular complexity index is 209. The highest BCUT2D eigenvalue weighted by Gasteiger charge is 2.26. The van der Waals surface area contributed by atoms with Crippen molar-refractivity contribution in [2.24, 2.45) is 5.41 Å². The maximum absolute atomic E-state index is 5.60. The molecule has 0 heterocycles. The Balaban J connectivity index is 4.13. The molecule has 3 heteroatoms. The quantitative estimate of drug-likeness (QED) is 0.490. The molecule has 1 atom stereocenters. The monoisotopic (exact) mass is 287 g/mol. The smallest absolute Gasteiger partial charge is 0.0700 e. The van der Waals surface area contributed by atoms with Crippen LogP contribution in [0.4, 0.5) is 0 Å². The minimum Gasteiger partial charge on any atom is -0.382 e. The number of ether oxygens (including phenoxy) is 2. The third-order valence-electron chi connectivity index (χ3n) is 4.12. The molecule has 0 aromatic heterocycles. The lowest BCUT2D eigenvalue weighted by Crippen LogP contribution is -2.37. The zero-order valence-electron chi connectivity index (χ0n) is 14.5. The molecule has 0 aromatic carbocycles. The number of hydrogen-bond acceptors (Lipinski definition) is 3. The Morgan fingerprint density at radius 2 is 1.70 bits per heavy atom. The zero-order chi connectivity index (χ0) is 15.3. The van der Waals surface area contributed by atoms with E-state index in [1.165, 1.54) is 32.1 Å². The normalized spacial score (nSPS) is 14.7. The second-order valence-electron chi connectivity index (χ2n) is 6.20. The van der Waals surface area contributed by atoms with E-state index < -0.39 is 0 Å². The van der Waals surface area contributed by atoms with Crippen molar-refractivity contribution in [2.75, 3.05) is 33.5 Å². The molecule has 0 amide bonds. The van der Waals surface area contributed by atoms with Crippen LogP contribution in [0.3, 0.4) is 0 Å². The first kappa shape index (κ1) is 19.9. The maximum Gasteiger partial charge on any atom is 0.0700 e. The molecular weight excluding hydrogens is 250 g/mol. The van der Waals surface area contributed by atoms with Gasteiger partial charge in [-0.1, -0.05) is 40.5 Å². The Kier molecular flexibility index (Phi) is 12.5. The topological polar surface area (TPSA) is 30.5 Å². The van der Waals surface area contributed by atoms with Gasteiger partial charge in [0.1, 0.15) is 0 Å². The fourth-order valence-corrected chi connectivity index (χ4v) is 2.55. The highest BCUT2D eigenvalue weighted by Crippen LogP contribution is 2.33. The molecule has 1 N–H and O–H groups in total. The van der Waals surface area contributed by atoms with Crippen LogP contribution in [0.5, 0.6) is 0 Å². The van der Waals surface area contributed by atoms with Crippen molar-refractivity contribution in [3.05, 3.63) is 0 Å². The molecule has 0 aromatic rings. The van der Waals surface area contributed by atoms with Gasteiger partial charge in [-0.2, -0.15) is 0 Å². The Labute approximate surface area is 126 Å². The summed E-state index contributed by atoms with van der Waals surface area (Å²) < 4.78 is 10.6. The number of rotatable bonds is 14. The number of hydrogen-bond donors (Lipinski definition) is 1. The van der Waals surface area contributed by atoms with Crippen molar-refractivity contribution in [3.63, 3.8) is 0 Å². The van der Waals surface area contributed by atoms with Crippen LogP contribution in [0, 0.1) is 5.41 Å². The molecule has 0 saturated heterocycles. The van der Waals surface area contributed by atoms with E-state index in [9.17, 15) is 0 Å². The molecular formula is C17H37NO2. The second-order valence-corrected chi connectivity index (χ2v) is 6.20. The molecule has 0 bridgehead atoms. The Morgan fingerprint density at radius 1 is 1.00 bits per heavy atom. The summed E-state index contributed by atoms with van der Waals surface area (Å²) in [6.07, 6.45) is 7.62. The van der Waals surface area contributed by atoms with Crippen molar-refractivity contribution in [3.8, 4) is 0 Å². The van der Waals surface area contributed by atoms with E-state index in [1.807, 2.05) is 0 Å². The zero-order valence-corrected chi connectivity index (χ0v) is 14.5. The van der Waals surface area contributed by atoms with Crippen LogP contribution in [0.25, 0.3) is 0 Å². The predicted molar refractivity (Wildman–Crippen MR) is 87.3 cm³/mol. The predicted octanol–water partition coefficient (Wildman–Crippen LogP) is 4.01. The van der Waals surface area contributed by atoms with Crippen molar-refractivity contribution >= 4 is 0 Å². The summed E-state index contributed by atoms with van der Waals surface area (Å²) in [4.78, 5) is 0. The van der Waals surface area contributed by atoms with Gasteiger partial charge in [-0.3, -0.25) is 0 Å². The van der Waals surface area contributed by atoms with E-state index in [1.54, 1.807) is 7.11 Å². The van der Waals surface area contributed by atoms with Gasteiger partial charge in [-0.25, -0.2) is 0 Å². The van der Waals surface area contributed by atoms with E-state index in [2.05, 4.69) is 33.0 Å². The van der Waals surface area contributed by atoms with E-state index in [4.69, 9.17) is 9.47 Å². The molecule has 0 aliphatic carbocycles. The lowest BCUT2D eigenvalue weighted by molar-refractivity contribution is 0.0616. The molecule has 0 saturated carbocycles. The van der Waals surface area contributed by atoms with Gasteiger partial charge >= 0.3 is 0 Å². The SMILES string of the molecule is CCCCC(CC)(CCCOCCOC)CNC(C)C. The first-order valence-electron chi connectivity index (χ1n) is 8.40. The number of unbranched alkanes of at least 4 members (excludes halogenated alkanes) is 1. The van der Waals surface area contributed by atoms with Crippen LogP contribution < -0.4 is 5.32 Å². The van der Waals surface area contributed by atoms with E-state index in [0.717, 1.165) is 26.2 Å². The first-order chi connectivity index (χ1) is 9.60. The second kappa shape index (κ2) is 12.6. The fourth-order valence-electron chi connectivity index (χ4n) is 2.55. The summed E-state index contributed by atoms with van der Waals surface area (Å²) in [5, 5.41) is 3.65. The van der Waals surface area contributed by atoms with Crippen molar-refractivity contribution in [2.45, 2.75) is 72.3 Å². The summed E-state index contributed by atoms with van der Waals surface area (Å²) in [6.45, 7) is 12.5. The van der Waals surface area contributed by atoms with E-state index >= 15 is 0 Å². The summed E-state index contributed by atoms with van der Waals surface area (Å²) in [5.41, 5.74) is 0.449. The van der Waals surface area contributed by atoms with Gasteiger partial charge < -0.3 is 14.8 Å². The van der Waals surface area contributed by atoms with Gasteiger partial charge in [0.05, 0.1) is 13.2 Å². The van der Waals surface area contributed by atoms with Gasteiger partial charge in [0.25, 0.3) is 0 Å². The lowest BCUT2D eigenvalue weighted by Gasteiger charge is -2.34. The molecule has 0 spiro atoms. The summed E-state index contributed by atoms with van der Waals surface area (Å²) in [6, 6.07) is 0.570. The lowest BCUT2D eigenvalue weighted by atomic mass is 9.76. The van der Waals surface area contributed by atoms with Crippen molar-refractivity contribution in [1.29, 1.82) is 0 Å². The van der Waals surface area contributed by atoms with Crippen LogP contribution in [-0.4, -0.2) is 39.5 Å². The van der Waals surface area contributed by atoms with Gasteiger partial charge in [0.2, 0.25) is 0 Å². The third kappa shape index (κ3) is 9.73. The van der Waals surface area contributed by atoms with Gasteiger partial charge in [-0.15, -0.1) is 0 Å². The summed E-state index contributed by atoms with van der Waals surface area (Å²) in [5.74, 6) is 0. The van der Waals surface area contributed by atoms with Crippen LogP contribution in [-0.2, 0) is 9.47 Å². The Morgan fingerprint density at radius 3 is 2.25 bits per heavy atom. The fraction of sp³-hybridized carbons (Fsp3) is 1.00. The largest absolute Gasteiger partial charge is 0.382 e. The minimum absolute atomic E-state index is 0.449. The maximum atomic E-state index is 5.60. The van der Waals surface area contributed by atoms with Crippen LogP contribution in [0.15, 0.2) is 0 Å². The summed E-state index contributed by atoms with van der Waals surface area (Å²) >= 11 is 0. The molecule has 3 nitrogen and oxygen atoms in total. The molecule has 1 unspecified atom stereocenters. The van der Waals surface area contributed by atoms with E-state index in [-0.39, 0.29) is 0 Å². The average molecular weight is 287 g/mol. The van der Waals surface area contributed by atoms with Crippen LogP contribution in [0.1, 0.15) is 66.2 Å².